The van der Waals surface area contributed by atoms with E-state index in [9.17, 15) is 9.59 Å². The number of unbranched alkanes of at least 4 members (excludes halogenated alkanes) is 3. The van der Waals surface area contributed by atoms with E-state index in [1.54, 1.807) is 0 Å². The summed E-state index contributed by atoms with van der Waals surface area (Å²) in [6.07, 6.45) is 5.17. The standard InChI is InChI=1S/C16H21NO3S/c1-2-3-4-7-10-20-13-9-6-5-8-12(13)11-14-15(18)17-16(19)21-14/h5-6,8-9,14H,2-4,7,10-11H2,1H3,(H,17,18,19). The molecule has 2 rings (SSSR count). The van der Waals surface area contributed by atoms with Gasteiger partial charge in [0.1, 0.15) is 5.75 Å². The average Bonchev–Trinajstić information content (AvgIpc) is 2.78. The Hall–Kier alpha value is -1.49. The van der Waals surface area contributed by atoms with Crippen LogP contribution in [0.4, 0.5) is 4.79 Å². The summed E-state index contributed by atoms with van der Waals surface area (Å²) in [7, 11) is 0. The van der Waals surface area contributed by atoms with E-state index in [1.165, 1.54) is 19.3 Å². The summed E-state index contributed by atoms with van der Waals surface area (Å²) in [4.78, 5) is 22.9. The molecule has 0 saturated carbocycles. The van der Waals surface area contributed by atoms with Crippen LogP contribution in [-0.2, 0) is 11.2 Å². The Bertz CT molecular complexity index is 504. The zero-order valence-electron chi connectivity index (χ0n) is 12.3. The third-order valence-corrected chi connectivity index (χ3v) is 4.38. The van der Waals surface area contributed by atoms with Gasteiger partial charge in [0.15, 0.2) is 0 Å². The molecule has 21 heavy (non-hydrogen) atoms. The van der Waals surface area contributed by atoms with E-state index in [0.29, 0.717) is 13.0 Å². The number of ether oxygens (including phenoxy) is 1. The van der Waals surface area contributed by atoms with Crippen LogP contribution in [0.5, 0.6) is 5.75 Å². The van der Waals surface area contributed by atoms with Gasteiger partial charge in [0, 0.05) is 0 Å². The van der Waals surface area contributed by atoms with Crippen molar-refractivity contribution in [3.8, 4) is 5.75 Å². The first-order valence-electron chi connectivity index (χ1n) is 7.43. The lowest BCUT2D eigenvalue weighted by molar-refractivity contribution is -0.118. The molecule has 2 amide bonds. The van der Waals surface area contributed by atoms with Crippen LogP contribution in [0.15, 0.2) is 24.3 Å². The van der Waals surface area contributed by atoms with Crippen molar-refractivity contribution in [3.63, 3.8) is 0 Å². The van der Waals surface area contributed by atoms with Gasteiger partial charge in [-0.05, 0) is 24.5 Å². The van der Waals surface area contributed by atoms with Crippen molar-refractivity contribution in [2.45, 2.75) is 44.3 Å². The minimum Gasteiger partial charge on any atom is -0.493 e. The Morgan fingerprint density at radius 3 is 2.71 bits per heavy atom. The second-order valence-corrected chi connectivity index (χ2v) is 6.28. The molecule has 0 radical (unpaired) electrons. The second kappa shape index (κ2) is 8.08. The molecular weight excluding hydrogens is 286 g/mol. The molecule has 0 spiro atoms. The van der Waals surface area contributed by atoms with Crippen molar-refractivity contribution in [2.75, 3.05) is 6.61 Å². The first kappa shape index (κ1) is 15.9. The van der Waals surface area contributed by atoms with Crippen LogP contribution >= 0.6 is 11.8 Å². The van der Waals surface area contributed by atoms with Gasteiger partial charge in [-0.2, -0.15) is 0 Å². The fourth-order valence-electron chi connectivity index (χ4n) is 2.25. The Balaban J connectivity index is 1.90. The lowest BCUT2D eigenvalue weighted by Crippen LogP contribution is -2.25. The van der Waals surface area contributed by atoms with Crippen molar-refractivity contribution >= 4 is 22.9 Å². The monoisotopic (exact) mass is 307 g/mol. The molecule has 1 atom stereocenters. The van der Waals surface area contributed by atoms with Gasteiger partial charge in [-0.3, -0.25) is 14.9 Å². The average molecular weight is 307 g/mol. The van der Waals surface area contributed by atoms with Crippen molar-refractivity contribution in [2.24, 2.45) is 0 Å². The van der Waals surface area contributed by atoms with E-state index in [4.69, 9.17) is 4.74 Å². The van der Waals surface area contributed by atoms with Gasteiger partial charge in [0.05, 0.1) is 11.9 Å². The molecule has 1 aliphatic heterocycles. The fourth-order valence-corrected chi connectivity index (χ4v) is 3.10. The summed E-state index contributed by atoms with van der Waals surface area (Å²) in [5.74, 6) is 0.615. The minimum atomic E-state index is -0.345. The summed E-state index contributed by atoms with van der Waals surface area (Å²) in [6.45, 7) is 2.88. The summed E-state index contributed by atoms with van der Waals surface area (Å²) >= 11 is 1.06. The van der Waals surface area contributed by atoms with Crippen LogP contribution in [0.1, 0.15) is 38.2 Å². The van der Waals surface area contributed by atoms with Crippen molar-refractivity contribution in [1.82, 2.24) is 5.32 Å². The van der Waals surface area contributed by atoms with E-state index in [2.05, 4.69) is 12.2 Å². The summed E-state index contributed by atoms with van der Waals surface area (Å²) in [5.41, 5.74) is 0.982. The van der Waals surface area contributed by atoms with Crippen molar-refractivity contribution in [1.29, 1.82) is 0 Å². The van der Waals surface area contributed by atoms with Gasteiger partial charge < -0.3 is 4.74 Å². The number of rotatable bonds is 8. The molecule has 1 aromatic rings. The van der Waals surface area contributed by atoms with Gasteiger partial charge in [0.2, 0.25) is 5.91 Å². The van der Waals surface area contributed by atoms with Gasteiger partial charge in [-0.25, -0.2) is 0 Å². The quantitative estimate of drug-likeness (QED) is 0.746. The Kier molecular flexibility index (Phi) is 6.11. The van der Waals surface area contributed by atoms with E-state index in [-0.39, 0.29) is 16.4 Å². The van der Waals surface area contributed by atoms with E-state index >= 15 is 0 Å². The lowest BCUT2D eigenvalue weighted by Gasteiger charge is -2.12. The van der Waals surface area contributed by atoms with Crippen LogP contribution in [0.3, 0.4) is 0 Å². The lowest BCUT2D eigenvalue weighted by atomic mass is 10.1. The summed E-state index contributed by atoms with van der Waals surface area (Å²) in [6, 6.07) is 7.74. The number of nitrogens with one attached hydrogen (secondary N) is 1. The molecule has 0 aliphatic carbocycles. The summed E-state index contributed by atoms with van der Waals surface area (Å²) < 4.78 is 5.83. The molecule has 1 unspecified atom stereocenters. The second-order valence-electron chi connectivity index (χ2n) is 5.10. The van der Waals surface area contributed by atoms with Crippen molar-refractivity contribution < 1.29 is 14.3 Å². The molecule has 1 aliphatic rings. The Morgan fingerprint density at radius 1 is 1.19 bits per heavy atom. The van der Waals surface area contributed by atoms with Crippen LogP contribution in [0.2, 0.25) is 0 Å². The smallest absolute Gasteiger partial charge is 0.286 e. The van der Waals surface area contributed by atoms with E-state index in [0.717, 1.165) is 29.5 Å². The molecule has 1 aromatic carbocycles. The Morgan fingerprint density at radius 2 is 2.00 bits per heavy atom. The van der Waals surface area contributed by atoms with Crippen LogP contribution in [-0.4, -0.2) is 23.0 Å². The topological polar surface area (TPSA) is 55.4 Å². The number of thioether (sulfide) groups is 1. The largest absolute Gasteiger partial charge is 0.493 e. The van der Waals surface area contributed by atoms with Gasteiger partial charge >= 0.3 is 0 Å². The number of hydrogen-bond acceptors (Lipinski definition) is 4. The number of carbonyl (C=O) groups is 2. The normalized spacial score (nSPS) is 17.9. The fraction of sp³-hybridized carbons (Fsp3) is 0.500. The van der Waals surface area contributed by atoms with Gasteiger partial charge in [-0.15, -0.1) is 0 Å². The molecule has 0 aromatic heterocycles. The molecular formula is C16H21NO3S. The third kappa shape index (κ3) is 4.77. The Labute approximate surface area is 129 Å². The highest BCUT2D eigenvalue weighted by Crippen LogP contribution is 2.27. The third-order valence-electron chi connectivity index (χ3n) is 3.40. The highest BCUT2D eigenvalue weighted by molar-refractivity contribution is 8.15. The summed E-state index contributed by atoms with van der Waals surface area (Å²) in [5, 5.41) is 1.71. The molecule has 1 fully saturated rings. The van der Waals surface area contributed by atoms with Crippen LogP contribution < -0.4 is 10.1 Å². The highest BCUT2D eigenvalue weighted by atomic mass is 32.2. The molecule has 4 nitrogen and oxygen atoms in total. The van der Waals surface area contributed by atoms with Crippen LogP contribution in [0.25, 0.3) is 0 Å². The van der Waals surface area contributed by atoms with E-state index in [1.807, 2.05) is 24.3 Å². The minimum absolute atomic E-state index is 0.206. The predicted molar refractivity (Wildman–Crippen MR) is 84.7 cm³/mol. The first-order chi connectivity index (χ1) is 10.2. The maximum absolute atomic E-state index is 11.6. The number of hydrogen-bond donors (Lipinski definition) is 1. The van der Waals surface area contributed by atoms with Crippen LogP contribution in [0, 0.1) is 0 Å². The highest BCUT2D eigenvalue weighted by Gasteiger charge is 2.32. The predicted octanol–water partition coefficient (Wildman–Crippen LogP) is 3.54. The molecule has 0 bridgehead atoms. The molecule has 114 valence electrons. The van der Waals surface area contributed by atoms with Crippen molar-refractivity contribution in [3.05, 3.63) is 29.8 Å². The van der Waals surface area contributed by atoms with Gasteiger partial charge in [0.25, 0.3) is 5.24 Å². The number of para-hydroxylation sites is 1. The zero-order valence-corrected chi connectivity index (χ0v) is 13.1. The first-order valence-corrected chi connectivity index (χ1v) is 8.31. The molecule has 1 heterocycles. The number of benzene rings is 1. The molecule has 5 heteroatoms. The molecule has 1 saturated heterocycles. The number of amides is 2. The maximum atomic E-state index is 11.6. The number of carbonyl (C=O) groups excluding carboxylic acids is 2. The SMILES string of the molecule is CCCCCCOc1ccccc1CC1SC(=O)NC1=O. The maximum Gasteiger partial charge on any atom is 0.286 e. The molecule has 1 N–H and O–H groups in total. The zero-order chi connectivity index (χ0) is 15.1. The van der Waals surface area contributed by atoms with Gasteiger partial charge in [-0.1, -0.05) is 56.1 Å². The number of imide groups is 1. The van der Waals surface area contributed by atoms with E-state index < -0.39 is 0 Å².